The van der Waals surface area contributed by atoms with Crippen molar-refractivity contribution in [3.8, 4) is 12.5 Å². The van der Waals surface area contributed by atoms with Gasteiger partial charge in [-0.15, -0.1) is 0 Å². The lowest BCUT2D eigenvalue weighted by atomic mass is 9.72. The molecule has 1 heterocycles. The molecule has 0 aliphatic carbocycles. The first kappa shape index (κ1) is 18.2. The van der Waals surface area contributed by atoms with E-state index in [-0.39, 0.29) is 0 Å². The molecule has 23 heavy (non-hydrogen) atoms. The van der Waals surface area contributed by atoms with Crippen LogP contribution in [-0.2, 0) is 14.8 Å². The Kier molecular flexibility index (Phi) is 5.12. The van der Waals surface area contributed by atoms with Crippen molar-refractivity contribution in [3.05, 3.63) is 31.6 Å². The van der Waals surface area contributed by atoms with E-state index >= 15 is 0 Å². The smallest absolute Gasteiger partial charge is 0.426 e. The second kappa shape index (κ2) is 6.48. The Hall–Kier alpha value is -2.88. The van der Waals surface area contributed by atoms with Gasteiger partial charge in [0.25, 0.3) is 12.5 Å². The van der Waals surface area contributed by atoms with E-state index in [1.165, 1.54) is 40.2 Å². The summed E-state index contributed by atoms with van der Waals surface area (Å²) in [6.45, 7) is 5.64. The van der Waals surface area contributed by atoms with Gasteiger partial charge >= 0.3 is 32.1 Å². The summed E-state index contributed by atoms with van der Waals surface area (Å²) in [6.07, 6.45) is 2.82. The quantitative estimate of drug-likeness (QED) is 0.454. The summed E-state index contributed by atoms with van der Waals surface area (Å²) in [5.74, 6) is -2.45. The highest BCUT2D eigenvalue weighted by Crippen LogP contribution is 2.08. The molecule has 12 heteroatoms. The highest BCUT2D eigenvalue weighted by Gasteiger charge is 2.33. The van der Waals surface area contributed by atoms with Crippen LogP contribution in [0.4, 0.5) is 0 Å². The molecule has 0 bridgehead atoms. The Labute approximate surface area is 132 Å². The van der Waals surface area contributed by atoms with E-state index in [2.05, 4.69) is 9.07 Å². The Morgan fingerprint density at radius 1 is 1.09 bits per heavy atom. The standard InChI is InChI=1S/C11H12B2N4O6/c1-10(2,13-22-6-15)16-7(18)17(9(20)23-8(16)19)12-11(3,4)21-5-14/h1-4H3. The van der Waals surface area contributed by atoms with Crippen LogP contribution in [0.25, 0.3) is 0 Å². The van der Waals surface area contributed by atoms with Gasteiger partial charge in [-0.3, -0.25) is 4.48 Å². The first-order chi connectivity index (χ1) is 10.6. The lowest BCUT2D eigenvalue weighted by Gasteiger charge is -2.24. The van der Waals surface area contributed by atoms with Crippen LogP contribution in [0, 0.1) is 23.0 Å². The lowest BCUT2D eigenvalue weighted by Crippen LogP contribution is -2.58. The van der Waals surface area contributed by atoms with E-state index in [4.69, 9.17) is 15.3 Å². The summed E-state index contributed by atoms with van der Waals surface area (Å²) in [6, 6.07) is 0. The van der Waals surface area contributed by atoms with E-state index in [1.54, 1.807) is 0 Å². The van der Waals surface area contributed by atoms with Gasteiger partial charge in [0.1, 0.15) is 5.50 Å². The topological polar surface area (TPSA) is 140 Å². The van der Waals surface area contributed by atoms with Gasteiger partial charge in [0.15, 0.2) is 0 Å². The zero-order valence-corrected chi connectivity index (χ0v) is 12.9. The third-order valence-electron chi connectivity index (χ3n) is 2.68. The van der Waals surface area contributed by atoms with E-state index < -0.39 is 28.1 Å². The molecular formula is C11H12B2N4O6. The molecule has 0 saturated carbocycles. The van der Waals surface area contributed by atoms with Crippen molar-refractivity contribution in [2.45, 2.75) is 38.6 Å². The van der Waals surface area contributed by atoms with Crippen molar-refractivity contribution < 1.29 is 13.8 Å². The first-order valence-corrected chi connectivity index (χ1v) is 6.27. The number of hydrogen-bond donors (Lipinski definition) is 0. The fraction of sp³-hybridized carbons (Fsp3) is 0.545. The maximum Gasteiger partial charge on any atom is 0.426 e. The predicted octanol–water partition coefficient (Wildman–Crippen LogP) is -1.53. The van der Waals surface area contributed by atoms with Crippen LogP contribution < -0.4 is 17.2 Å². The molecule has 0 fully saturated rings. The summed E-state index contributed by atoms with van der Waals surface area (Å²) in [5, 5.41) is 17.0. The van der Waals surface area contributed by atoms with Gasteiger partial charge < -0.3 is 13.8 Å². The molecule has 0 saturated heterocycles. The zero-order valence-electron chi connectivity index (χ0n) is 12.9. The number of nitriles is 2. The molecular weight excluding hydrogens is 306 g/mol. The monoisotopic (exact) mass is 318 g/mol. The van der Waals surface area contributed by atoms with Crippen LogP contribution in [0.15, 0.2) is 18.8 Å². The van der Waals surface area contributed by atoms with Crippen molar-refractivity contribution in [2.24, 2.45) is 0 Å². The first-order valence-electron chi connectivity index (χ1n) is 6.27. The van der Waals surface area contributed by atoms with Gasteiger partial charge in [-0.05, 0) is 27.7 Å². The minimum atomic E-state index is -1.38. The minimum Gasteiger partial charge on any atom is -0.499 e. The normalized spacial score (nSPS) is 11.0. The Balaban J connectivity index is 3.49. The van der Waals surface area contributed by atoms with Gasteiger partial charge in [0.2, 0.25) is 0 Å². The van der Waals surface area contributed by atoms with Crippen LogP contribution in [0.1, 0.15) is 27.7 Å². The van der Waals surface area contributed by atoms with Crippen LogP contribution in [0.2, 0.25) is 0 Å². The van der Waals surface area contributed by atoms with Crippen LogP contribution in [0.5, 0.6) is 0 Å². The summed E-state index contributed by atoms with van der Waals surface area (Å²) in [5.41, 5.74) is -3.72. The SMILES string of the molecule is CC(C)([B]n1c(=O)oc(=O)n(C(C)(C)[B]OC#N)c1=O)OC#N. The Bertz CT molecular complexity index is 838. The highest BCUT2D eigenvalue weighted by atomic mass is 16.5. The van der Waals surface area contributed by atoms with E-state index in [9.17, 15) is 14.4 Å². The van der Waals surface area contributed by atoms with Crippen LogP contribution in [-0.4, -0.2) is 29.4 Å². The fourth-order valence-electron chi connectivity index (χ4n) is 1.70. The maximum absolute atomic E-state index is 12.4. The zero-order chi connectivity index (χ0) is 17.8. The molecule has 0 aliphatic rings. The van der Waals surface area contributed by atoms with E-state index in [0.717, 1.165) is 14.9 Å². The van der Waals surface area contributed by atoms with Gasteiger partial charge in [0, 0.05) is 0 Å². The fourth-order valence-corrected chi connectivity index (χ4v) is 1.70. The molecule has 1 aromatic rings. The number of hydrogen-bond acceptors (Lipinski definition) is 8. The van der Waals surface area contributed by atoms with Crippen molar-refractivity contribution in [1.29, 1.82) is 10.5 Å². The maximum atomic E-state index is 12.4. The Morgan fingerprint density at radius 2 is 1.70 bits per heavy atom. The number of ether oxygens (including phenoxy) is 1. The summed E-state index contributed by atoms with van der Waals surface area (Å²) in [4.78, 5) is 36.0. The third kappa shape index (κ3) is 4.07. The van der Waals surface area contributed by atoms with Crippen molar-refractivity contribution in [1.82, 2.24) is 9.05 Å². The van der Waals surface area contributed by atoms with Gasteiger partial charge in [-0.25, -0.2) is 19.0 Å². The highest BCUT2D eigenvalue weighted by molar-refractivity contribution is 6.37. The minimum absolute atomic E-state index is 0.501. The molecule has 0 unspecified atom stereocenters. The number of nitrogens with zero attached hydrogens (tertiary/aromatic N) is 4. The molecule has 1 aromatic heterocycles. The Morgan fingerprint density at radius 3 is 2.22 bits per heavy atom. The van der Waals surface area contributed by atoms with E-state index in [1.807, 2.05) is 0 Å². The molecule has 0 amide bonds. The molecule has 10 nitrogen and oxygen atoms in total. The van der Waals surface area contributed by atoms with Crippen molar-refractivity contribution in [3.63, 3.8) is 0 Å². The summed E-state index contributed by atoms with van der Waals surface area (Å²) in [7, 11) is 1.94. The average Bonchev–Trinajstić information content (AvgIpc) is 2.40. The lowest BCUT2D eigenvalue weighted by molar-refractivity contribution is 0.148. The molecule has 0 spiro atoms. The third-order valence-corrected chi connectivity index (χ3v) is 2.68. The molecule has 0 aliphatic heterocycles. The molecule has 118 valence electrons. The van der Waals surface area contributed by atoms with E-state index in [0.29, 0.717) is 9.05 Å². The van der Waals surface area contributed by atoms with Crippen LogP contribution in [0.3, 0.4) is 0 Å². The molecule has 0 N–H and O–H groups in total. The largest absolute Gasteiger partial charge is 0.499 e. The average molecular weight is 318 g/mol. The van der Waals surface area contributed by atoms with Gasteiger partial charge in [-0.2, -0.15) is 10.5 Å². The second-order valence-electron chi connectivity index (χ2n) is 5.53. The van der Waals surface area contributed by atoms with Crippen molar-refractivity contribution in [2.75, 3.05) is 0 Å². The molecule has 1 rings (SSSR count). The number of rotatable bonds is 6. The second-order valence-corrected chi connectivity index (χ2v) is 5.53. The number of aromatic nitrogens is 2. The van der Waals surface area contributed by atoms with Crippen molar-refractivity contribution >= 4 is 14.9 Å². The van der Waals surface area contributed by atoms with Crippen LogP contribution >= 0.6 is 0 Å². The molecule has 0 atom stereocenters. The molecule has 2 radical (unpaired) electrons. The predicted molar refractivity (Wildman–Crippen MR) is 77.2 cm³/mol. The van der Waals surface area contributed by atoms with Gasteiger partial charge in [0.05, 0.1) is 5.44 Å². The summed E-state index contributed by atoms with van der Waals surface area (Å²) < 4.78 is 14.7. The van der Waals surface area contributed by atoms with Gasteiger partial charge in [-0.1, -0.05) is 0 Å². The molecule has 0 aromatic carbocycles. The summed E-state index contributed by atoms with van der Waals surface area (Å²) >= 11 is 0.